The average Bonchev–Trinajstić information content (AvgIpc) is 2.27. The third-order valence-corrected chi connectivity index (χ3v) is 2.21. The number of nitrogens with zero attached hydrogens (tertiary/aromatic N) is 1. The van der Waals surface area contributed by atoms with Crippen molar-refractivity contribution in [3.05, 3.63) is 33.8 Å². The molecule has 0 amide bonds. The Hall–Kier alpha value is -1.86. The van der Waals surface area contributed by atoms with E-state index < -0.39 is 5.97 Å². The van der Waals surface area contributed by atoms with Gasteiger partial charge in [-0.3, -0.25) is 4.79 Å². The predicted molar refractivity (Wildman–Crippen MR) is 52.9 cm³/mol. The summed E-state index contributed by atoms with van der Waals surface area (Å²) in [7, 11) is 1.21. The van der Waals surface area contributed by atoms with E-state index in [9.17, 15) is 9.59 Å². The molecule has 0 saturated carbocycles. The molecule has 0 aliphatic heterocycles. The number of ether oxygens (including phenoxy) is 1. The van der Waals surface area contributed by atoms with Crippen molar-refractivity contribution in [3.8, 4) is 6.07 Å². The molecule has 0 radical (unpaired) electrons. The van der Waals surface area contributed by atoms with Crippen molar-refractivity contribution in [1.82, 2.24) is 0 Å². The number of esters is 1. The summed E-state index contributed by atoms with van der Waals surface area (Å²) in [5, 5.41) is 8.70. The zero-order valence-corrected chi connectivity index (χ0v) is 8.54. The van der Waals surface area contributed by atoms with Crippen molar-refractivity contribution in [2.45, 2.75) is 0 Å². The van der Waals surface area contributed by atoms with Gasteiger partial charge in [-0.2, -0.15) is 5.26 Å². The number of carbonyl (C=O) groups is 2. The molecular formula is C10H6ClNO3. The standard InChI is InChI=1S/C10H6ClNO3/c1-15-10(14)7-3-2-6(5-13)8(4-12)9(7)11/h2-3,5H,1H3. The van der Waals surface area contributed by atoms with Crippen molar-refractivity contribution in [3.63, 3.8) is 0 Å². The highest BCUT2D eigenvalue weighted by Crippen LogP contribution is 2.23. The topological polar surface area (TPSA) is 67.2 Å². The van der Waals surface area contributed by atoms with Gasteiger partial charge in [-0.05, 0) is 12.1 Å². The third kappa shape index (κ3) is 1.97. The van der Waals surface area contributed by atoms with E-state index in [4.69, 9.17) is 16.9 Å². The van der Waals surface area contributed by atoms with Gasteiger partial charge in [0.25, 0.3) is 0 Å². The highest BCUT2D eigenvalue weighted by molar-refractivity contribution is 6.35. The molecular weight excluding hydrogens is 218 g/mol. The molecule has 0 spiro atoms. The van der Waals surface area contributed by atoms with Gasteiger partial charge in [0.15, 0.2) is 6.29 Å². The molecule has 0 heterocycles. The molecule has 76 valence electrons. The van der Waals surface area contributed by atoms with Crippen LogP contribution < -0.4 is 0 Å². The zero-order chi connectivity index (χ0) is 11.4. The van der Waals surface area contributed by atoms with Crippen molar-refractivity contribution in [2.24, 2.45) is 0 Å². The maximum atomic E-state index is 11.2. The fourth-order valence-corrected chi connectivity index (χ4v) is 1.36. The van der Waals surface area contributed by atoms with E-state index in [0.717, 1.165) is 0 Å². The van der Waals surface area contributed by atoms with Crippen LogP contribution >= 0.6 is 11.6 Å². The number of methoxy groups -OCH3 is 1. The van der Waals surface area contributed by atoms with Crippen LogP contribution in [0.1, 0.15) is 26.3 Å². The lowest BCUT2D eigenvalue weighted by atomic mass is 10.1. The minimum absolute atomic E-state index is 0.0189. The number of rotatable bonds is 2. The first-order valence-electron chi connectivity index (χ1n) is 3.91. The Morgan fingerprint density at radius 3 is 2.73 bits per heavy atom. The second-order valence-electron chi connectivity index (χ2n) is 2.61. The van der Waals surface area contributed by atoms with Crippen LogP contribution in [0.25, 0.3) is 0 Å². The maximum Gasteiger partial charge on any atom is 0.339 e. The molecule has 15 heavy (non-hydrogen) atoms. The molecule has 0 bridgehead atoms. The number of halogens is 1. The van der Waals surface area contributed by atoms with Gasteiger partial charge in [-0.15, -0.1) is 0 Å². The number of aldehydes is 1. The molecule has 0 aromatic heterocycles. The van der Waals surface area contributed by atoms with Crippen molar-refractivity contribution in [1.29, 1.82) is 5.26 Å². The molecule has 4 nitrogen and oxygen atoms in total. The molecule has 5 heteroatoms. The minimum Gasteiger partial charge on any atom is -0.465 e. The van der Waals surface area contributed by atoms with Gasteiger partial charge in [-0.25, -0.2) is 4.79 Å². The second kappa shape index (κ2) is 4.58. The molecule has 0 unspecified atom stereocenters. The Balaban J connectivity index is 3.43. The van der Waals surface area contributed by atoms with Crippen molar-refractivity contribution < 1.29 is 14.3 Å². The Morgan fingerprint density at radius 1 is 1.60 bits per heavy atom. The first-order chi connectivity index (χ1) is 7.15. The van der Waals surface area contributed by atoms with Gasteiger partial charge < -0.3 is 4.74 Å². The Morgan fingerprint density at radius 2 is 2.27 bits per heavy atom. The molecule has 0 N–H and O–H groups in total. The summed E-state index contributed by atoms with van der Waals surface area (Å²) in [6, 6.07) is 4.46. The van der Waals surface area contributed by atoms with Crippen molar-refractivity contribution in [2.75, 3.05) is 7.11 Å². The van der Waals surface area contributed by atoms with Gasteiger partial charge in [0.1, 0.15) is 6.07 Å². The summed E-state index contributed by atoms with van der Waals surface area (Å²) in [6.45, 7) is 0. The molecule has 1 aromatic rings. The number of hydrogen-bond donors (Lipinski definition) is 0. The summed E-state index contributed by atoms with van der Waals surface area (Å²) in [5.74, 6) is -0.644. The maximum absolute atomic E-state index is 11.2. The number of nitriles is 1. The van der Waals surface area contributed by atoms with Crippen LogP contribution in [-0.2, 0) is 4.74 Å². The van der Waals surface area contributed by atoms with E-state index in [1.54, 1.807) is 6.07 Å². The third-order valence-electron chi connectivity index (χ3n) is 1.82. The number of hydrogen-bond acceptors (Lipinski definition) is 4. The molecule has 0 fully saturated rings. The molecule has 0 aliphatic carbocycles. The fourth-order valence-electron chi connectivity index (χ4n) is 1.07. The Bertz CT molecular complexity index is 462. The smallest absolute Gasteiger partial charge is 0.339 e. The van der Waals surface area contributed by atoms with E-state index in [1.807, 2.05) is 0 Å². The number of carbonyl (C=O) groups excluding carboxylic acids is 2. The lowest BCUT2D eigenvalue weighted by Gasteiger charge is -2.04. The summed E-state index contributed by atoms with van der Waals surface area (Å²) >= 11 is 5.78. The van der Waals surface area contributed by atoms with Gasteiger partial charge in [-0.1, -0.05) is 11.6 Å². The molecule has 1 aromatic carbocycles. The second-order valence-corrected chi connectivity index (χ2v) is 2.99. The lowest BCUT2D eigenvalue weighted by molar-refractivity contribution is 0.0600. The molecule has 1 rings (SSSR count). The number of benzene rings is 1. The van der Waals surface area contributed by atoms with Crippen LogP contribution in [0.5, 0.6) is 0 Å². The highest BCUT2D eigenvalue weighted by atomic mass is 35.5. The van der Waals surface area contributed by atoms with Crippen LogP contribution in [0.4, 0.5) is 0 Å². The Labute approximate surface area is 91.0 Å². The normalized spacial score (nSPS) is 9.13. The fraction of sp³-hybridized carbons (Fsp3) is 0.100. The molecule has 0 saturated heterocycles. The lowest BCUT2D eigenvalue weighted by Crippen LogP contribution is -2.04. The quantitative estimate of drug-likeness (QED) is 0.567. The van der Waals surface area contributed by atoms with E-state index in [1.165, 1.54) is 19.2 Å². The molecule has 0 atom stereocenters. The van der Waals surface area contributed by atoms with Gasteiger partial charge >= 0.3 is 5.97 Å². The Kier molecular flexibility index (Phi) is 3.42. The zero-order valence-electron chi connectivity index (χ0n) is 7.78. The van der Waals surface area contributed by atoms with Crippen LogP contribution in [-0.4, -0.2) is 19.4 Å². The van der Waals surface area contributed by atoms with Crippen LogP contribution in [0.2, 0.25) is 5.02 Å². The largest absolute Gasteiger partial charge is 0.465 e. The van der Waals surface area contributed by atoms with Crippen LogP contribution in [0.15, 0.2) is 12.1 Å². The van der Waals surface area contributed by atoms with Gasteiger partial charge in [0, 0.05) is 5.56 Å². The average molecular weight is 224 g/mol. The summed E-state index contributed by atoms with van der Waals surface area (Å²) in [5.41, 5.74) is 0.200. The first-order valence-corrected chi connectivity index (χ1v) is 4.29. The molecule has 0 aliphatic rings. The summed E-state index contributed by atoms with van der Waals surface area (Å²) < 4.78 is 4.47. The first kappa shape index (κ1) is 11.2. The summed E-state index contributed by atoms with van der Waals surface area (Å²) in [4.78, 5) is 21.8. The monoisotopic (exact) mass is 223 g/mol. The van der Waals surface area contributed by atoms with Crippen LogP contribution in [0, 0.1) is 11.3 Å². The van der Waals surface area contributed by atoms with E-state index in [0.29, 0.717) is 6.29 Å². The van der Waals surface area contributed by atoms with E-state index >= 15 is 0 Å². The summed E-state index contributed by atoms with van der Waals surface area (Å²) in [6.07, 6.45) is 0.505. The minimum atomic E-state index is -0.644. The predicted octanol–water partition coefficient (Wildman–Crippen LogP) is 1.81. The highest BCUT2D eigenvalue weighted by Gasteiger charge is 2.16. The van der Waals surface area contributed by atoms with E-state index in [2.05, 4.69) is 4.74 Å². The SMILES string of the molecule is COC(=O)c1ccc(C=O)c(C#N)c1Cl. The van der Waals surface area contributed by atoms with Crippen LogP contribution in [0.3, 0.4) is 0 Å². The van der Waals surface area contributed by atoms with Gasteiger partial charge in [0.05, 0.1) is 23.3 Å². The van der Waals surface area contributed by atoms with Gasteiger partial charge in [0.2, 0.25) is 0 Å². The van der Waals surface area contributed by atoms with Crippen molar-refractivity contribution >= 4 is 23.9 Å². The van der Waals surface area contributed by atoms with E-state index in [-0.39, 0.29) is 21.7 Å².